The van der Waals surface area contributed by atoms with Gasteiger partial charge >= 0.3 is 0 Å². The van der Waals surface area contributed by atoms with Crippen LogP contribution in [0, 0.1) is 0 Å². The zero-order valence-electron chi connectivity index (χ0n) is 8.19. The second-order valence-corrected chi connectivity index (χ2v) is 2.76. The normalized spacial score (nSPS) is 12.5. The number of ether oxygens (including phenoxy) is 2. The third-order valence-electron chi connectivity index (χ3n) is 1.45. The molecule has 5 heteroatoms. The van der Waals surface area contributed by atoms with Crippen LogP contribution in [0.1, 0.15) is 26.7 Å². The fraction of sp³-hybridized carbons (Fsp3) is 1.00. The summed E-state index contributed by atoms with van der Waals surface area (Å²) in [5.74, 6) is -2.13. The van der Waals surface area contributed by atoms with Crippen molar-refractivity contribution >= 4 is 0 Å². The Morgan fingerprint density at radius 3 is 2.00 bits per heavy atom. The Balaban J connectivity index is 3.68. The van der Waals surface area contributed by atoms with Crippen molar-refractivity contribution in [3.05, 3.63) is 0 Å². The standard InChI is InChI=1S/C8H19NO4/c1-3-12-7(13-4-2)5-6-8(9,10)11/h7,10-11H,3-6,9H2,1-2H3. The maximum atomic E-state index is 8.83. The quantitative estimate of drug-likeness (QED) is 0.486. The molecule has 0 spiro atoms. The van der Waals surface area contributed by atoms with Gasteiger partial charge in [0.1, 0.15) is 0 Å². The molecule has 0 aliphatic heterocycles. The first-order valence-corrected chi connectivity index (χ1v) is 4.46. The minimum absolute atomic E-state index is 0.0255. The van der Waals surface area contributed by atoms with Crippen LogP contribution in [-0.2, 0) is 9.47 Å². The second-order valence-electron chi connectivity index (χ2n) is 2.76. The van der Waals surface area contributed by atoms with Gasteiger partial charge in [0.15, 0.2) is 6.29 Å². The predicted molar refractivity (Wildman–Crippen MR) is 47.6 cm³/mol. The molecular formula is C8H19NO4. The summed E-state index contributed by atoms with van der Waals surface area (Å²) >= 11 is 0. The molecular weight excluding hydrogens is 174 g/mol. The first kappa shape index (κ1) is 12.8. The van der Waals surface area contributed by atoms with Crippen molar-refractivity contribution < 1.29 is 19.7 Å². The summed E-state index contributed by atoms with van der Waals surface area (Å²) in [5.41, 5.74) is 4.98. The highest BCUT2D eigenvalue weighted by Gasteiger charge is 2.19. The van der Waals surface area contributed by atoms with E-state index in [9.17, 15) is 0 Å². The molecule has 0 rings (SSSR count). The number of nitrogens with two attached hydrogens (primary N) is 1. The van der Waals surface area contributed by atoms with Gasteiger partial charge in [0.2, 0.25) is 5.91 Å². The summed E-state index contributed by atoms with van der Waals surface area (Å²) < 4.78 is 10.4. The molecule has 5 nitrogen and oxygen atoms in total. The second kappa shape index (κ2) is 6.28. The highest BCUT2D eigenvalue weighted by atomic mass is 16.7. The highest BCUT2D eigenvalue weighted by Crippen LogP contribution is 2.09. The van der Waals surface area contributed by atoms with Crippen LogP contribution in [0.5, 0.6) is 0 Å². The van der Waals surface area contributed by atoms with E-state index in [0.29, 0.717) is 19.6 Å². The average molecular weight is 193 g/mol. The van der Waals surface area contributed by atoms with Crippen molar-refractivity contribution in [2.75, 3.05) is 13.2 Å². The van der Waals surface area contributed by atoms with Crippen molar-refractivity contribution in [1.82, 2.24) is 0 Å². The summed E-state index contributed by atoms with van der Waals surface area (Å²) in [5, 5.41) is 17.7. The summed E-state index contributed by atoms with van der Waals surface area (Å²) in [6.07, 6.45) is -0.0136. The van der Waals surface area contributed by atoms with E-state index < -0.39 is 12.2 Å². The van der Waals surface area contributed by atoms with Gasteiger partial charge in [-0.2, -0.15) is 0 Å². The first-order chi connectivity index (χ1) is 5.99. The number of hydrogen-bond donors (Lipinski definition) is 3. The van der Waals surface area contributed by atoms with Crippen LogP contribution in [-0.4, -0.2) is 35.6 Å². The summed E-state index contributed by atoms with van der Waals surface area (Å²) in [6, 6.07) is 0. The minimum Gasteiger partial charge on any atom is -0.354 e. The minimum atomic E-state index is -2.13. The van der Waals surface area contributed by atoms with E-state index in [1.165, 1.54) is 0 Å². The van der Waals surface area contributed by atoms with Crippen molar-refractivity contribution in [2.24, 2.45) is 5.73 Å². The molecule has 13 heavy (non-hydrogen) atoms. The Labute approximate surface area is 78.4 Å². The van der Waals surface area contributed by atoms with Crippen LogP contribution in [0.25, 0.3) is 0 Å². The molecule has 0 radical (unpaired) electrons. The molecule has 0 aliphatic rings. The van der Waals surface area contributed by atoms with Crippen molar-refractivity contribution in [3.8, 4) is 0 Å². The van der Waals surface area contributed by atoms with Gasteiger partial charge in [-0.25, -0.2) is 0 Å². The third kappa shape index (κ3) is 8.14. The monoisotopic (exact) mass is 193 g/mol. The molecule has 0 unspecified atom stereocenters. The van der Waals surface area contributed by atoms with Crippen LogP contribution in [0.2, 0.25) is 0 Å². The van der Waals surface area contributed by atoms with E-state index in [0.717, 1.165) is 0 Å². The van der Waals surface area contributed by atoms with E-state index >= 15 is 0 Å². The summed E-state index contributed by atoms with van der Waals surface area (Å²) in [4.78, 5) is 0. The molecule has 0 saturated heterocycles. The molecule has 0 fully saturated rings. The first-order valence-electron chi connectivity index (χ1n) is 4.46. The molecule has 0 aromatic carbocycles. The molecule has 4 N–H and O–H groups in total. The van der Waals surface area contributed by atoms with Gasteiger partial charge in [-0.05, 0) is 13.8 Å². The van der Waals surface area contributed by atoms with E-state index in [2.05, 4.69) is 0 Å². The molecule has 0 aromatic heterocycles. The summed E-state index contributed by atoms with van der Waals surface area (Å²) in [7, 11) is 0. The molecule has 0 bridgehead atoms. The van der Waals surface area contributed by atoms with Crippen molar-refractivity contribution in [3.63, 3.8) is 0 Å². The van der Waals surface area contributed by atoms with E-state index in [1.807, 2.05) is 13.8 Å². The molecule has 0 amide bonds. The topological polar surface area (TPSA) is 84.9 Å². The number of rotatable bonds is 7. The van der Waals surface area contributed by atoms with E-state index in [4.69, 9.17) is 25.4 Å². The SMILES string of the molecule is CCOC(CCC(N)(O)O)OCC. The lowest BCUT2D eigenvalue weighted by molar-refractivity contribution is -0.189. The lowest BCUT2D eigenvalue weighted by Crippen LogP contribution is -2.40. The van der Waals surface area contributed by atoms with E-state index in [-0.39, 0.29) is 6.42 Å². The maximum absolute atomic E-state index is 8.83. The van der Waals surface area contributed by atoms with Crippen molar-refractivity contribution in [1.29, 1.82) is 0 Å². The Kier molecular flexibility index (Phi) is 6.19. The lowest BCUT2D eigenvalue weighted by Gasteiger charge is -2.20. The summed E-state index contributed by atoms with van der Waals surface area (Å²) in [6.45, 7) is 4.75. The van der Waals surface area contributed by atoms with Crippen LogP contribution in [0.15, 0.2) is 0 Å². The van der Waals surface area contributed by atoms with Crippen LogP contribution in [0.3, 0.4) is 0 Å². The average Bonchev–Trinajstić information content (AvgIpc) is 2.00. The van der Waals surface area contributed by atoms with Gasteiger partial charge in [-0.3, -0.25) is 5.73 Å². The fourth-order valence-electron chi connectivity index (χ4n) is 0.917. The molecule has 0 heterocycles. The van der Waals surface area contributed by atoms with Crippen LogP contribution < -0.4 is 5.73 Å². The number of hydrogen-bond acceptors (Lipinski definition) is 5. The van der Waals surface area contributed by atoms with Gasteiger partial charge in [0, 0.05) is 26.1 Å². The Morgan fingerprint density at radius 2 is 1.69 bits per heavy atom. The highest BCUT2D eigenvalue weighted by molar-refractivity contribution is 4.56. The van der Waals surface area contributed by atoms with Crippen LogP contribution in [0.4, 0.5) is 0 Å². The van der Waals surface area contributed by atoms with Gasteiger partial charge in [-0.15, -0.1) is 0 Å². The predicted octanol–water partition coefficient (Wildman–Crippen LogP) is -0.237. The Bertz CT molecular complexity index is 118. The molecule has 0 saturated carbocycles. The Hall–Kier alpha value is -0.200. The molecule has 80 valence electrons. The van der Waals surface area contributed by atoms with Crippen molar-refractivity contribution in [2.45, 2.75) is 38.9 Å². The molecule has 0 atom stereocenters. The smallest absolute Gasteiger partial charge is 0.219 e. The zero-order valence-corrected chi connectivity index (χ0v) is 8.19. The fourth-order valence-corrected chi connectivity index (χ4v) is 0.917. The lowest BCUT2D eigenvalue weighted by atomic mass is 10.2. The maximum Gasteiger partial charge on any atom is 0.219 e. The van der Waals surface area contributed by atoms with Crippen LogP contribution >= 0.6 is 0 Å². The van der Waals surface area contributed by atoms with Gasteiger partial charge in [-0.1, -0.05) is 0 Å². The third-order valence-corrected chi connectivity index (χ3v) is 1.45. The number of aliphatic hydroxyl groups is 2. The van der Waals surface area contributed by atoms with E-state index in [1.54, 1.807) is 0 Å². The van der Waals surface area contributed by atoms with Gasteiger partial charge in [0.25, 0.3) is 0 Å². The largest absolute Gasteiger partial charge is 0.354 e. The van der Waals surface area contributed by atoms with Gasteiger partial charge < -0.3 is 19.7 Å². The van der Waals surface area contributed by atoms with Gasteiger partial charge in [0.05, 0.1) is 0 Å². The zero-order chi connectivity index (χ0) is 10.3. The molecule has 0 aliphatic carbocycles. The molecule has 0 aromatic rings. The Morgan fingerprint density at radius 1 is 1.23 bits per heavy atom.